The van der Waals surface area contributed by atoms with Gasteiger partial charge in [-0.05, 0) is 35.9 Å². The predicted octanol–water partition coefficient (Wildman–Crippen LogP) is 2.86. The molecule has 0 saturated heterocycles. The summed E-state index contributed by atoms with van der Waals surface area (Å²) >= 11 is 0. The number of fused-ring (bicyclic) bond motifs is 1. The SMILES string of the molecule is NC[C@@H]1Cc2cccc(-c3ccc(C(=O)Nc4cccnc4)o3)c2O1. The number of benzene rings is 1. The largest absolute Gasteiger partial charge is 0.488 e. The Morgan fingerprint density at radius 3 is 2.96 bits per heavy atom. The number of amides is 1. The number of nitrogens with one attached hydrogen (secondary N) is 1. The molecule has 1 aliphatic rings. The second-order valence-electron chi connectivity index (χ2n) is 5.83. The fourth-order valence-electron chi connectivity index (χ4n) is 2.90. The first-order valence-electron chi connectivity index (χ1n) is 8.05. The highest BCUT2D eigenvalue weighted by molar-refractivity contribution is 6.02. The summed E-state index contributed by atoms with van der Waals surface area (Å²) in [7, 11) is 0. The zero-order valence-corrected chi connectivity index (χ0v) is 13.4. The molecule has 0 saturated carbocycles. The first-order chi connectivity index (χ1) is 12.2. The van der Waals surface area contributed by atoms with Crippen LogP contribution in [0.1, 0.15) is 16.1 Å². The van der Waals surface area contributed by atoms with Gasteiger partial charge >= 0.3 is 0 Å². The maximum absolute atomic E-state index is 12.3. The van der Waals surface area contributed by atoms with Gasteiger partial charge in [-0.3, -0.25) is 9.78 Å². The van der Waals surface area contributed by atoms with Crippen LogP contribution in [-0.4, -0.2) is 23.5 Å². The number of nitrogens with two attached hydrogens (primary N) is 1. The smallest absolute Gasteiger partial charge is 0.291 e. The number of nitrogens with zero attached hydrogens (tertiary/aromatic N) is 1. The second kappa shape index (κ2) is 6.41. The van der Waals surface area contributed by atoms with Gasteiger partial charge in [-0.25, -0.2) is 0 Å². The molecule has 0 radical (unpaired) electrons. The Morgan fingerprint density at radius 2 is 2.16 bits per heavy atom. The van der Waals surface area contributed by atoms with Crippen LogP contribution in [0.4, 0.5) is 5.69 Å². The first kappa shape index (κ1) is 15.4. The topological polar surface area (TPSA) is 90.4 Å². The summed E-state index contributed by atoms with van der Waals surface area (Å²) in [5, 5.41) is 2.75. The summed E-state index contributed by atoms with van der Waals surface area (Å²) < 4.78 is 11.7. The third kappa shape index (κ3) is 2.99. The van der Waals surface area contributed by atoms with Crippen molar-refractivity contribution in [2.24, 2.45) is 5.73 Å². The van der Waals surface area contributed by atoms with Crippen molar-refractivity contribution in [3.05, 3.63) is 66.2 Å². The first-order valence-corrected chi connectivity index (χ1v) is 8.05. The molecule has 6 heteroatoms. The molecule has 3 aromatic rings. The zero-order valence-electron chi connectivity index (χ0n) is 13.4. The van der Waals surface area contributed by atoms with Crippen LogP contribution >= 0.6 is 0 Å². The van der Waals surface area contributed by atoms with Gasteiger partial charge in [-0.15, -0.1) is 0 Å². The van der Waals surface area contributed by atoms with E-state index in [1.807, 2.05) is 18.2 Å². The Labute approximate surface area is 144 Å². The molecule has 0 unspecified atom stereocenters. The van der Waals surface area contributed by atoms with Crippen LogP contribution < -0.4 is 15.8 Å². The van der Waals surface area contributed by atoms with Gasteiger partial charge in [0.15, 0.2) is 5.76 Å². The molecule has 1 amide bonds. The minimum Gasteiger partial charge on any atom is -0.488 e. The number of rotatable bonds is 4. The third-order valence-corrected chi connectivity index (χ3v) is 4.11. The van der Waals surface area contributed by atoms with Gasteiger partial charge in [0.05, 0.1) is 17.4 Å². The molecule has 6 nitrogen and oxygen atoms in total. The molecule has 0 aliphatic carbocycles. The van der Waals surface area contributed by atoms with Crippen LogP contribution in [0.5, 0.6) is 5.75 Å². The number of hydrogen-bond donors (Lipinski definition) is 2. The van der Waals surface area contributed by atoms with Crippen molar-refractivity contribution in [1.82, 2.24) is 4.98 Å². The molecule has 1 aliphatic heterocycles. The highest BCUT2D eigenvalue weighted by Gasteiger charge is 2.26. The number of furan rings is 1. The van der Waals surface area contributed by atoms with Crippen molar-refractivity contribution < 1.29 is 13.9 Å². The molecule has 2 aromatic heterocycles. The van der Waals surface area contributed by atoms with Gasteiger partial charge in [0, 0.05) is 19.2 Å². The number of hydrogen-bond acceptors (Lipinski definition) is 5. The Hall–Kier alpha value is -3.12. The lowest BCUT2D eigenvalue weighted by atomic mass is 10.1. The normalized spacial score (nSPS) is 15.5. The average Bonchev–Trinajstić information content (AvgIpc) is 3.29. The summed E-state index contributed by atoms with van der Waals surface area (Å²) in [6, 6.07) is 12.8. The molecule has 1 atom stereocenters. The number of anilines is 1. The van der Waals surface area contributed by atoms with E-state index < -0.39 is 0 Å². The maximum Gasteiger partial charge on any atom is 0.291 e. The molecule has 4 rings (SSSR count). The van der Waals surface area contributed by atoms with Crippen LogP contribution in [-0.2, 0) is 6.42 Å². The van der Waals surface area contributed by atoms with Crippen LogP contribution in [0, 0.1) is 0 Å². The lowest BCUT2D eigenvalue weighted by Crippen LogP contribution is -2.24. The standard InChI is InChI=1S/C19H17N3O3/c20-10-14-9-12-3-1-5-15(18(12)24-14)16-6-7-17(25-16)19(23)22-13-4-2-8-21-11-13/h1-8,11,14H,9-10,20H2,(H,22,23)/t14-/m0/s1. The van der Waals surface area contributed by atoms with Crippen molar-refractivity contribution in [2.45, 2.75) is 12.5 Å². The minimum atomic E-state index is -0.326. The maximum atomic E-state index is 12.3. The Balaban J connectivity index is 1.59. The molecule has 126 valence electrons. The van der Waals surface area contributed by atoms with E-state index in [1.54, 1.807) is 36.7 Å². The summed E-state index contributed by atoms with van der Waals surface area (Å²) in [5.41, 5.74) is 8.25. The molecule has 25 heavy (non-hydrogen) atoms. The molecule has 3 heterocycles. The lowest BCUT2D eigenvalue weighted by molar-refractivity contribution is 0.0997. The van der Waals surface area contributed by atoms with E-state index in [1.165, 1.54) is 0 Å². The average molecular weight is 335 g/mol. The van der Waals surface area contributed by atoms with Crippen LogP contribution in [0.2, 0.25) is 0 Å². The third-order valence-electron chi connectivity index (χ3n) is 4.11. The molecule has 0 spiro atoms. The number of para-hydroxylation sites is 1. The van der Waals surface area contributed by atoms with E-state index in [0.717, 1.165) is 23.3 Å². The van der Waals surface area contributed by atoms with Gasteiger partial charge in [0.1, 0.15) is 17.6 Å². The Kier molecular flexibility index (Phi) is 3.95. The van der Waals surface area contributed by atoms with E-state index in [2.05, 4.69) is 10.3 Å². The summed E-state index contributed by atoms with van der Waals surface area (Å²) in [5.74, 6) is 1.27. The van der Waals surface area contributed by atoms with E-state index in [-0.39, 0.29) is 17.8 Å². The molecular weight excluding hydrogens is 318 g/mol. The van der Waals surface area contributed by atoms with E-state index in [9.17, 15) is 4.79 Å². The zero-order chi connectivity index (χ0) is 17.2. The van der Waals surface area contributed by atoms with Gasteiger partial charge < -0.3 is 20.2 Å². The van der Waals surface area contributed by atoms with Gasteiger partial charge in [-0.2, -0.15) is 0 Å². The van der Waals surface area contributed by atoms with E-state index >= 15 is 0 Å². The van der Waals surface area contributed by atoms with Crippen molar-refractivity contribution >= 4 is 11.6 Å². The van der Waals surface area contributed by atoms with Crippen LogP contribution in [0.3, 0.4) is 0 Å². The number of carbonyl (C=O) groups is 1. The highest BCUT2D eigenvalue weighted by Crippen LogP contribution is 2.39. The highest BCUT2D eigenvalue weighted by atomic mass is 16.5. The summed E-state index contributed by atoms with van der Waals surface area (Å²) in [4.78, 5) is 16.3. The van der Waals surface area contributed by atoms with Crippen molar-refractivity contribution in [3.63, 3.8) is 0 Å². The second-order valence-corrected chi connectivity index (χ2v) is 5.83. The lowest BCUT2D eigenvalue weighted by Gasteiger charge is -2.09. The number of carbonyl (C=O) groups excluding carboxylic acids is 1. The number of aromatic nitrogens is 1. The number of ether oxygens (including phenoxy) is 1. The van der Waals surface area contributed by atoms with E-state index in [4.69, 9.17) is 14.9 Å². The molecule has 1 aromatic carbocycles. The van der Waals surface area contributed by atoms with Crippen molar-refractivity contribution in [1.29, 1.82) is 0 Å². The Morgan fingerprint density at radius 1 is 1.24 bits per heavy atom. The fourth-order valence-corrected chi connectivity index (χ4v) is 2.90. The predicted molar refractivity (Wildman–Crippen MR) is 93.5 cm³/mol. The van der Waals surface area contributed by atoms with Gasteiger partial charge in [0.2, 0.25) is 0 Å². The van der Waals surface area contributed by atoms with Crippen molar-refractivity contribution in [2.75, 3.05) is 11.9 Å². The van der Waals surface area contributed by atoms with Gasteiger partial charge in [-0.1, -0.05) is 12.1 Å². The molecular formula is C19H17N3O3. The molecule has 0 bridgehead atoms. The number of pyridine rings is 1. The molecule has 0 fully saturated rings. The summed E-state index contributed by atoms with van der Waals surface area (Å²) in [6.45, 7) is 0.463. The molecule has 3 N–H and O–H groups in total. The quantitative estimate of drug-likeness (QED) is 0.765. The van der Waals surface area contributed by atoms with Crippen molar-refractivity contribution in [3.8, 4) is 17.1 Å². The summed E-state index contributed by atoms with van der Waals surface area (Å²) in [6.07, 6.45) is 3.99. The fraction of sp³-hybridized carbons (Fsp3) is 0.158. The van der Waals surface area contributed by atoms with Crippen LogP contribution in [0.15, 0.2) is 59.3 Å². The minimum absolute atomic E-state index is 0.0144. The Bertz CT molecular complexity index is 905. The van der Waals surface area contributed by atoms with Gasteiger partial charge in [0.25, 0.3) is 5.91 Å². The van der Waals surface area contributed by atoms with E-state index in [0.29, 0.717) is 18.0 Å². The van der Waals surface area contributed by atoms with Crippen LogP contribution in [0.25, 0.3) is 11.3 Å². The monoisotopic (exact) mass is 335 g/mol.